The van der Waals surface area contributed by atoms with Crippen molar-refractivity contribution in [1.29, 1.82) is 0 Å². The zero-order valence-electron chi connectivity index (χ0n) is 13.0. The number of benzene rings is 2. The highest BCUT2D eigenvalue weighted by molar-refractivity contribution is 5.84. The van der Waals surface area contributed by atoms with Crippen LogP contribution in [0.5, 0.6) is 5.75 Å². The van der Waals surface area contributed by atoms with Crippen LogP contribution in [-0.4, -0.2) is 18.6 Å². The van der Waals surface area contributed by atoms with Gasteiger partial charge in [0.2, 0.25) is 0 Å². The molecule has 0 aromatic heterocycles. The molecule has 1 fully saturated rings. The maximum atomic E-state index is 12.1. The Hall–Kier alpha value is -2.03. The number of carbonyl (C=O) groups excluding carboxylic acids is 1. The van der Waals surface area contributed by atoms with E-state index >= 15 is 0 Å². The van der Waals surface area contributed by atoms with E-state index in [0.29, 0.717) is 12.0 Å². The van der Waals surface area contributed by atoms with Crippen LogP contribution in [-0.2, 0) is 4.79 Å². The minimum atomic E-state index is -0.0214. The number of fused-ring (bicyclic) bond motifs is 1. The number of nitrogens with one attached hydrogen (secondary N) is 1. The summed E-state index contributed by atoms with van der Waals surface area (Å²) in [6.45, 7) is 2.30. The van der Waals surface area contributed by atoms with Crippen molar-refractivity contribution < 1.29 is 9.53 Å². The second kappa shape index (κ2) is 6.82. The number of hydrogen-bond donors (Lipinski definition) is 1. The van der Waals surface area contributed by atoms with Gasteiger partial charge in [-0.2, -0.15) is 0 Å². The molecular weight excluding hydrogens is 274 g/mol. The van der Waals surface area contributed by atoms with Crippen molar-refractivity contribution in [2.75, 3.05) is 6.61 Å². The third kappa shape index (κ3) is 3.59. The molecule has 1 N–H and O–H groups in total. The Kier molecular flexibility index (Phi) is 4.62. The van der Waals surface area contributed by atoms with Gasteiger partial charge in [-0.05, 0) is 41.7 Å². The summed E-state index contributed by atoms with van der Waals surface area (Å²) in [5.41, 5.74) is 0. The molecule has 3 heteroatoms. The van der Waals surface area contributed by atoms with Crippen molar-refractivity contribution in [3.8, 4) is 5.75 Å². The zero-order chi connectivity index (χ0) is 15.4. The Bertz CT molecular complexity index is 653. The minimum Gasteiger partial charge on any atom is -0.484 e. The lowest BCUT2D eigenvalue weighted by atomic mass is 9.86. The standard InChI is InChI=1S/C19H23NO2/c1-14-6-2-5-9-18(14)20-19(21)13-22-17-11-10-15-7-3-4-8-16(15)12-17/h3-4,7-8,10-12,14,18H,2,5-6,9,13H2,1H3,(H,20,21)/t14-,18+/m0/s1. The molecule has 0 aliphatic heterocycles. The van der Waals surface area contributed by atoms with E-state index < -0.39 is 0 Å². The molecule has 0 heterocycles. The van der Waals surface area contributed by atoms with Gasteiger partial charge >= 0.3 is 0 Å². The van der Waals surface area contributed by atoms with Gasteiger partial charge < -0.3 is 10.1 Å². The van der Waals surface area contributed by atoms with Crippen LogP contribution >= 0.6 is 0 Å². The van der Waals surface area contributed by atoms with Gasteiger partial charge in [0.15, 0.2) is 6.61 Å². The fraction of sp³-hybridized carbons (Fsp3) is 0.421. The Balaban J connectivity index is 1.55. The maximum Gasteiger partial charge on any atom is 0.258 e. The second-order valence-corrected chi connectivity index (χ2v) is 6.23. The number of carbonyl (C=O) groups is 1. The average molecular weight is 297 g/mol. The molecule has 2 aromatic rings. The predicted octanol–water partition coefficient (Wildman–Crippen LogP) is 3.91. The van der Waals surface area contributed by atoms with Gasteiger partial charge in [0.25, 0.3) is 5.91 Å². The van der Waals surface area contributed by atoms with Crippen molar-refractivity contribution in [3.05, 3.63) is 42.5 Å². The van der Waals surface area contributed by atoms with Gasteiger partial charge in [0.05, 0.1) is 0 Å². The van der Waals surface area contributed by atoms with E-state index in [4.69, 9.17) is 4.74 Å². The van der Waals surface area contributed by atoms with E-state index in [1.54, 1.807) is 0 Å². The highest BCUT2D eigenvalue weighted by atomic mass is 16.5. The largest absolute Gasteiger partial charge is 0.484 e. The molecule has 0 radical (unpaired) electrons. The van der Waals surface area contributed by atoms with Gasteiger partial charge in [-0.15, -0.1) is 0 Å². The first-order valence-electron chi connectivity index (χ1n) is 8.13. The lowest BCUT2D eigenvalue weighted by molar-refractivity contribution is -0.124. The predicted molar refractivity (Wildman–Crippen MR) is 89.0 cm³/mol. The zero-order valence-corrected chi connectivity index (χ0v) is 13.0. The maximum absolute atomic E-state index is 12.1. The van der Waals surface area contributed by atoms with E-state index in [1.165, 1.54) is 24.6 Å². The molecule has 3 nitrogen and oxygen atoms in total. The van der Waals surface area contributed by atoms with Gasteiger partial charge in [0, 0.05) is 6.04 Å². The molecule has 2 aromatic carbocycles. The van der Waals surface area contributed by atoms with Crippen LogP contribution in [0.1, 0.15) is 32.6 Å². The number of amides is 1. The molecule has 0 spiro atoms. The summed E-state index contributed by atoms with van der Waals surface area (Å²) >= 11 is 0. The van der Waals surface area contributed by atoms with Crippen molar-refractivity contribution in [3.63, 3.8) is 0 Å². The fourth-order valence-corrected chi connectivity index (χ4v) is 3.19. The monoisotopic (exact) mass is 297 g/mol. The third-order valence-corrected chi connectivity index (χ3v) is 4.55. The summed E-state index contributed by atoms with van der Waals surface area (Å²) in [6, 6.07) is 14.4. The van der Waals surface area contributed by atoms with E-state index in [9.17, 15) is 4.79 Å². The topological polar surface area (TPSA) is 38.3 Å². The molecule has 3 rings (SSSR count). The average Bonchev–Trinajstić information content (AvgIpc) is 2.55. The molecule has 2 atom stereocenters. The Morgan fingerprint density at radius 1 is 1.14 bits per heavy atom. The molecule has 0 saturated heterocycles. The number of hydrogen-bond acceptors (Lipinski definition) is 2. The van der Waals surface area contributed by atoms with Crippen LogP contribution in [0.15, 0.2) is 42.5 Å². The van der Waals surface area contributed by atoms with Crippen LogP contribution in [0.3, 0.4) is 0 Å². The summed E-state index contributed by atoms with van der Waals surface area (Å²) in [5, 5.41) is 5.41. The van der Waals surface area contributed by atoms with Gasteiger partial charge in [-0.3, -0.25) is 4.79 Å². The van der Waals surface area contributed by atoms with Crippen molar-refractivity contribution in [2.45, 2.75) is 38.6 Å². The van der Waals surface area contributed by atoms with Crippen molar-refractivity contribution >= 4 is 16.7 Å². The quantitative estimate of drug-likeness (QED) is 0.929. The molecule has 1 saturated carbocycles. The van der Waals surface area contributed by atoms with E-state index in [-0.39, 0.29) is 12.5 Å². The molecule has 1 amide bonds. The molecular formula is C19H23NO2. The van der Waals surface area contributed by atoms with Crippen LogP contribution in [0.25, 0.3) is 10.8 Å². The summed E-state index contributed by atoms with van der Waals surface area (Å²) in [4.78, 5) is 12.1. The lowest BCUT2D eigenvalue weighted by Crippen LogP contribution is -2.43. The number of ether oxygens (including phenoxy) is 1. The minimum absolute atomic E-state index is 0.0214. The first kappa shape index (κ1) is 14.9. The third-order valence-electron chi connectivity index (χ3n) is 4.55. The van der Waals surface area contributed by atoms with E-state index in [2.05, 4.69) is 18.3 Å². The summed E-state index contributed by atoms with van der Waals surface area (Å²) < 4.78 is 5.64. The highest BCUT2D eigenvalue weighted by Gasteiger charge is 2.22. The summed E-state index contributed by atoms with van der Waals surface area (Å²) in [7, 11) is 0. The molecule has 0 bridgehead atoms. The molecule has 116 valence electrons. The van der Waals surface area contributed by atoms with E-state index in [0.717, 1.165) is 17.6 Å². The number of rotatable bonds is 4. The smallest absolute Gasteiger partial charge is 0.258 e. The Morgan fingerprint density at radius 2 is 1.91 bits per heavy atom. The summed E-state index contributed by atoms with van der Waals surface area (Å²) in [5.74, 6) is 1.29. The fourth-order valence-electron chi connectivity index (χ4n) is 3.19. The van der Waals surface area contributed by atoms with Crippen LogP contribution in [0.4, 0.5) is 0 Å². The van der Waals surface area contributed by atoms with E-state index in [1.807, 2.05) is 36.4 Å². The first-order valence-corrected chi connectivity index (χ1v) is 8.13. The molecule has 1 aliphatic carbocycles. The van der Waals surface area contributed by atoms with Crippen LogP contribution in [0, 0.1) is 5.92 Å². The van der Waals surface area contributed by atoms with Crippen LogP contribution < -0.4 is 10.1 Å². The second-order valence-electron chi connectivity index (χ2n) is 6.23. The first-order chi connectivity index (χ1) is 10.7. The van der Waals surface area contributed by atoms with Crippen molar-refractivity contribution in [1.82, 2.24) is 5.32 Å². The van der Waals surface area contributed by atoms with Crippen molar-refractivity contribution in [2.24, 2.45) is 5.92 Å². The van der Waals surface area contributed by atoms with Crippen LogP contribution in [0.2, 0.25) is 0 Å². The van der Waals surface area contributed by atoms with Gasteiger partial charge in [-0.25, -0.2) is 0 Å². The highest BCUT2D eigenvalue weighted by Crippen LogP contribution is 2.24. The Labute approximate surface area is 131 Å². The van der Waals surface area contributed by atoms with Gasteiger partial charge in [-0.1, -0.05) is 50.1 Å². The molecule has 1 aliphatic rings. The normalized spacial score (nSPS) is 21.5. The Morgan fingerprint density at radius 3 is 2.73 bits per heavy atom. The lowest BCUT2D eigenvalue weighted by Gasteiger charge is -2.29. The SMILES string of the molecule is C[C@H]1CCCC[C@H]1NC(=O)COc1ccc2ccccc2c1. The molecule has 0 unspecified atom stereocenters. The van der Waals surface area contributed by atoms with Gasteiger partial charge in [0.1, 0.15) is 5.75 Å². The summed E-state index contributed by atoms with van der Waals surface area (Å²) in [6.07, 6.45) is 4.78. The molecule has 22 heavy (non-hydrogen) atoms.